The van der Waals surface area contributed by atoms with E-state index in [0.29, 0.717) is 24.5 Å². The number of likely N-dealkylation sites (N-methyl/N-ethyl adjacent to an activating group) is 1. The van der Waals surface area contributed by atoms with E-state index in [4.69, 9.17) is 11.6 Å². The molecule has 1 unspecified atom stereocenters. The number of rotatable bonds is 8. The predicted octanol–water partition coefficient (Wildman–Crippen LogP) is 1.41. The third-order valence-electron chi connectivity index (χ3n) is 4.51. The van der Waals surface area contributed by atoms with Gasteiger partial charge in [-0.25, -0.2) is 8.42 Å². The van der Waals surface area contributed by atoms with Crippen LogP contribution in [0, 0.1) is 11.3 Å². The Morgan fingerprint density at radius 2 is 2.00 bits per heavy atom. The third kappa shape index (κ3) is 6.82. The molecule has 1 atom stereocenters. The molecule has 0 spiro atoms. The fraction of sp³-hybridized carbons (Fsp3) is 0.474. The maximum Gasteiger partial charge on any atom is 0.263 e. The monoisotopic (exact) mass is 424 g/mol. The molecule has 1 saturated heterocycles. The summed E-state index contributed by atoms with van der Waals surface area (Å²) in [6, 6.07) is 8.76. The molecule has 2 rings (SSSR count). The van der Waals surface area contributed by atoms with E-state index in [9.17, 15) is 18.5 Å². The molecular formula is C19H25ClN4O3S. The summed E-state index contributed by atoms with van der Waals surface area (Å²) in [6.07, 6.45) is 1.99. The first-order valence-corrected chi connectivity index (χ1v) is 11.2. The van der Waals surface area contributed by atoms with E-state index in [1.54, 1.807) is 24.3 Å². The number of benzene rings is 1. The molecule has 1 amide bonds. The molecular weight excluding hydrogens is 400 g/mol. The Labute approximate surface area is 171 Å². The highest BCUT2D eigenvalue weighted by atomic mass is 35.5. The summed E-state index contributed by atoms with van der Waals surface area (Å²) < 4.78 is 23.7. The molecule has 1 fully saturated rings. The van der Waals surface area contributed by atoms with Gasteiger partial charge in [-0.1, -0.05) is 23.7 Å². The second-order valence-corrected chi connectivity index (χ2v) is 9.73. The van der Waals surface area contributed by atoms with Crippen molar-refractivity contribution in [1.29, 1.82) is 5.26 Å². The Kier molecular flexibility index (Phi) is 7.87. The van der Waals surface area contributed by atoms with Gasteiger partial charge in [-0.2, -0.15) is 5.26 Å². The quantitative estimate of drug-likeness (QED) is 0.501. The lowest BCUT2D eigenvalue weighted by Crippen LogP contribution is -2.38. The van der Waals surface area contributed by atoms with Crippen molar-refractivity contribution in [2.24, 2.45) is 0 Å². The van der Waals surface area contributed by atoms with Crippen LogP contribution in [0.15, 0.2) is 36.0 Å². The van der Waals surface area contributed by atoms with Gasteiger partial charge < -0.3 is 15.1 Å². The van der Waals surface area contributed by atoms with Gasteiger partial charge in [0, 0.05) is 36.9 Å². The SMILES string of the molecule is CN(C)CCN(/C=C(/C#N)C(=O)NCc1ccc(Cl)cc1)C1CCS(=O)(=O)C1. The molecule has 7 nitrogen and oxygen atoms in total. The summed E-state index contributed by atoms with van der Waals surface area (Å²) in [5, 5.41) is 12.8. The summed E-state index contributed by atoms with van der Waals surface area (Å²) in [6.45, 7) is 1.48. The molecule has 0 saturated carbocycles. The van der Waals surface area contributed by atoms with Crippen molar-refractivity contribution in [3.8, 4) is 6.07 Å². The highest BCUT2D eigenvalue weighted by Crippen LogP contribution is 2.19. The maximum absolute atomic E-state index is 12.4. The van der Waals surface area contributed by atoms with Crippen LogP contribution in [-0.2, 0) is 21.2 Å². The molecule has 0 aliphatic carbocycles. The van der Waals surface area contributed by atoms with E-state index >= 15 is 0 Å². The van der Waals surface area contributed by atoms with E-state index in [2.05, 4.69) is 5.32 Å². The molecule has 1 aromatic carbocycles. The van der Waals surface area contributed by atoms with Crippen LogP contribution in [0.2, 0.25) is 5.02 Å². The van der Waals surface area contributed by atoms with Crippen molar-refractivity contribution < 1.29 is 13.2 Å². The zero-order valence-electron chi connectivity index (χ0n) is 16.1. The third-order valence-corrected chi connectivity index (χ3v) is 6.51. The van der Waals surface area contributed by atoms with Gasteiger partial charge >= 0.3 is 0 Å². The number of amides is 1. The fourth-order valence-electron chi connectivity index (χ4n) is 2.89. The highest BCUT2D eigenvalue weighted by molar-refractivity contribution is 7.91. The van der Waals surface area contributed by atoms with Crippen molar-refractivity contribution in [3.63, 3.8) is 0 Å². The van der Waals surface area contributed by atoms with Gasteiger partial charge in [0.25, 0.3) is 5.91 Å². The molecule has 0 bridgehead atoms. The van der Waals surface area contributed by atoms with Crippen LogP contribution in [0.25, 0.3) is 0 Å². The fourth-order valence-corrected chi connectivity index (χ4v) is 4.76. The minimum absolute atomic E-state index is 0.0437. The molecule has 1 aliphatic rings. The second kappa shape index (κ2) is 9.92. The van der Waals surface area contributed by atoms with E-state index in [1.165, 1.54) is 6.20 Å². The van der Waals surface area contributed by atoms with Crippen LogP contribution in [0.4, 0.5) is 0 Å². The largest absolute Gasteiger partial charge is 0.371 e. The number of nitriles is 1. The van der Waals surface area contributed by atoms with Crippen molar-refractivity contribution in [1.82, 2.24) is 15.1 Å². The summed E-state index contributed by atoms with van der Waals surface area (Å²) in [5.74, 6) is -0.315. The highest BCUT2D eigenvalue weighted by Gasteiger charge is 2.31. The lowest BCUT2D eigenvalue weighted by atomic mass is 10.2. The maximum atomic E-state index is 12.4. The second-order valence-electron chi connectivity index (χ2n) is 7.06. The smallest absolute Gasteiger partial charge is 0.263 e. The first-order valence-electron chi connectivity index (χ1n) is 8.95. The van der Waals surface area contributed by atoms with Gasteiger partial charge in [-0.3, -0.25) is 4.79 Å². The zero-order valence-corrected chi connectivity index (χ0v) is 17.6. The average molecular weight is 425 g/mol. The number of nitrogens with zero attached hydrogens (tertiary/aromatic N) is 3. The molecule has 0 radical (unpaired) electrons. The van der Waals surface area contributed by atoms with Gasteiger partial charge in [-0.15, -0.1) is 0 Å². The van der Waals surface area contributed by atoms with Crippen LogP contribution in [0.1, 0.15) is 12.0 Å². The number of nitrogens with one attached hydrogen (secondary N) is 1. The Bertz CT molecular complexity index is 860. The standard InChI is InChI=1S/C19H25ClN4O3S/c1-23(2)8-9-24(18-7-10-28(26,27)14-18)13-16(11-21)19(25)22-12-15-3-5-17(20)6-4-15/h3-6,13,18H,7-10,12,14H2,1-2H3,(H,22,25)/b16-13-. The summed E-state index contributed by atoms with van der Waals surface area (Å²) in [4.78, 5) is 16.2. The van der Waals surface area contributed by atoms with Gasteiger partial charge in [0.2, 0.25) is 0 Å². The average Bonchev–Trinajstić information content (AvgIpc) is 3.00. The molecule has 152 valence electrons. The van der Waals surface area contributed by atoms with Crippen molar-refractivity contribution in [2.45, 2.75) is 19.0 Å². The van der Waals surface area contributed by atoms with E-state index in [-0.39, 0.29) is 29.7 Å². The molecule has 1 heterocycles. The number of carbonyl (C=O) groups is 1. The van der Waals surface area contributed by atoms with E-state index in [1.807, 2.05) is 30.0 Å². The molecule has 28 heavy (non-hydrogen) atoms. The summed E-state index contributed by atoms with van der Waals surface area (Å²) >= 11 is 5.85. The van der Waals surface area contributed by atoms with Crippen molar-refractivity contribution in [3.05, 3.63) is 46.6 Å². The summed E-state index contributed by atoms with van der Waals surface area (Å²) in [5.41, 5.74) is 0.818. The van der Waals surface area contributed by atoms with Crippen LogP contribution >= 0.6 is 11.6 Å². The zero-order chi connectivity index (χ0) is 20.7. The first-order chi connectivity index (χ1) is 13.2. The van der Waals surface area contributed by atoms with E-state index in [0.717, 1.165) is 5.56 Å². The molecule has 9 heteroatoms. The lowest BCUT2D eigenvalue weighted by Gasteiger charge is -2.28. The number of carbonyl (C=O) groups excluding carboxylic acids is 1. The topological polar surface area (TPSA) is 93.5 Å². The first kappa shape index (κ1) is 22.2. The van der Waals surface area contributed by atoms with Gasteiger partial charge in [0.05, 0.1) is 11.5 Å². The Balaban J connectivity index is 2.10. The van der Waals surface area contributed by atoms with Crippen LogP contribution in [0.5, 0.6) is 0 Å². The number of sulfone groups is 1. The Morgan fingerprint density at radius 3 is 2.54 bits per heavy atom. The molecule has 1 aromatic rings. The Morgan fingerprint density at radius 1 is 1.32 bits per heavy atom. The Hall–Kier alpha value is -2.08. The number of hydrogen-bond acceptors (Lipinski definition) is 6. The van der Waals surface area contributed by atoms with E-state index < -0.39 is 15.7 Å². The predicted molar refractivity (Wildman–Crippen MR) is 109 cm³/mol. The lowest BCUT2D eigenvalue weighted by molar-refractivity contribution is -0.117. The number of hydrogen-bond donors (Lipinski definition) is 1. The van der Waals surface area contributed by atoms with Gasteiger partial charge in [0.1, 0.15) is 11.6 Å². The number of halogens is 1. The summed E-state index contributed by atoms with van der Waals surface area (Å²) in [7, 11) is 0.758. The van der Waals surface area contributed by atoms with Crippen LogP contribution < -0.4 is 5.32 Å². The van der Waals surface area contributed by atoms with Gasteiger partial charge in [0.15, 0.2) is 9.84 Å². The molecule has 0 aromatic heterocycles. The minimum Gasteiger partial charge on any atom is -0.371 e. The molecule has 1 aliphatic heterocycles. The van der Waals surface area contributed by atoms with Crippen molar-refractivity contribution in [2.75, 3.05) is 38.7 Å². The van der Waals surface area contributed by atoms with Gasteiger partial charge in [-0.05, 0) is 38.2 Å². The normalized spacial score (nSPS) is 18.7. The van der Waals surface area contributed by atoms with Crippen molar-refractivity contribution >= 4 is 27.3 Å². The molecule has 1 N–H and O–H groups in total. The van der Waals surface area contributed by atoms with Crippen LogP contribution in [-0.4, -0.2) is 68.9 Å². The van der Waals surface area contributed by atoms with Crippen LogP contribution in [0.3, 0.4) is 0 Å². The minimum atomic E-state index is -3.07.